The van der Waals surface area contributed by atoms with Gasteiger partial charge in [0.05, 0.1) is 5.56 Å². The fourth-order valence-electron chi connectivity index (χ4n) is 0.781. The zero-order chi connectivity index (χ0) is 10.0. The summed E-state index contributed by atoms with van der Waals surface area (Å²) < 4.78 is 24.1. The second-order valence-electron chi connectivity index (χ2n) is 2.21. The first-order valence-corrected chi connectivity index (χ1v) is 3.20. The number of hydrogen-bond acceptors (Lipinski definition) is 3. The van der Waals surface area contributed by atoms with Gasteiger partial charge in [-0.1, -0.05) is 0 Å². The van der Waals surface area contributed by atoms with E-state index in [-0.39, 0.29) is 0 Å². The standard InChI is InChI=1S/C7H4F2N2O2/c8-7(9)3-2-11-4(1-10)6(13)5(3)12/h2,7,13H,(H,11,12). The molecule has 2 N–H and O–H groups in total. The average molecular weight is 186 g/mol. The van der Waals surface area contributed by atoms with Crippen molar-refractivity contribution in [2.45, 2.75) is 6.43 Å². The molecular formula is C7H4F2N2O2. The van der Waals surface area contributed by atoms with Crippen molar-refractivity contribution < 1.29 is 13.9 Å². The quantitative estimate of drug-likeness (QED) is 0.683. The van der Waals surface area contributed by atoms with E-state index >= 15 is 0 Å². The molecule has 4 nitrogen and oxygen atoms in total. The molecule has 0 fully saturated rings. The number of nitriles is 1. The van der Waals surface area contributed by atoms with Crippen LogP contribution < -0.4 is 5.43 Å². The van der Waals surface area contributed by atoms with E-state index in [1.54, 1.807) is 0 Å². The van der Waals surface area contributed by atoms with Gasteiger partial charge in [-0.2, -0.15) is 5.26 Å². The van der Waals surface area contributed by atoms with E-state index < -0.39 is 28.9 Å². The summed E-state index contributed by atoms with van der Waals surface area (Å²) in [6.45, 7) is 0. The molecule has 0 saturated heterocycles. The summed E-state index contributed by atoms with van der Waals surface area (Å²) in [7, 11) is 0. The summed E-state index contributed by atoms with van der Waals surface area (Å²) in [5.41, 5.74) is -2.49. The Hall–Kier alpha value is -1.90. The molecule has 0 amide bonds. The predicted molar refractivity (Wildman–Crippen MR) is 38.4 cm³/mol. The number of halogens is 2. The van der Waals surface area contributed by atoms with Crippen molar-refractivity contribution in [2.75, 3.05) is 0 Å². The number of nitrogens with zero attached hydrogens (tertiary/aromatic N) is 1. The van der Waals surface area contributed by atoms with Crippen LogP contribution in [0.4, 0.5) is 8.78 Å². The number of hydrogen-bond donors (Lipinski definition) is 2. The molecule has 0 saturated carbocycles. The van der Waals surface area contributed by atoms with Gasteiger partial charge in [-0.15, -0.1) is 0 Å². The zero-order valence-corrected chi connectivity index (χ0v) is 6.21. The van der Waals surface area contributed by atoms with Gasteiger partial charge in [0.1, 0.15) is 6.07 Å². The Kier molecular flexibility index (Phi) is 2.28. The number of nitrogens with one attached hydrogen (secondary N) is 1. The molecule has 1 heterocycles. The van der Waals surface area contributed by atoms with Crippen molar-refractivity contribution in [1.82, 2.24) is 4.98 Å². The molecule has 0 unspecified atom stereocenters. The van der Waals surface area contributed by atoms with E-state index in [2.05, 4.69) is 4.98 Å². The second-order valence-corrected chi connectivity index (χ2v) is 2.21. The molecule has 0 atom stereocenters. The molecule has 0 radical (unpaired) electrons. The van der Waals surface area contributed by atoms with Crippen molar-refractivity contribution in [3.8, 4) is 11.8 Å². The highest BCUT2D eigenvalue weighted by Gasteiger charge is 2.16. The molecule has 1 rings (SSSR count). The monoisotopic (exact) mass is 186 g/mol. The summed E-state index contributed by atoms with van der Waals surface area (Å²) in [6, 6.07) is 1.45. The Morgan fingerprint density at radius 2 is 2.23 bits per heavy atom. The third-order valence-electron chi connectivity index (χ3n) is 1.43. The first-order chi connectivity index (χ1) is 6.07. The van der Waals surface area contributed by atoms with E-state index in [1.165, 1.54) is 6.07 Å². The average Bonchev–Trinajstić information content (AvgIpc) is 2.09. The second kappa shape index (κ2) is 3.23. The minimum absolute atomic E-state index is 0.422. The number of aromatic hydroxyl groups is 1. The molecule has 13 heavy (non-hydrogen) atoms. The lowest BCUT2D eigenvalue weighted by Crippen LogP contribution is -2.11. The molecule has 0 bridgehead atoms. The smallest absolute Gasteiger partial charge is 0.269 e. The Balaban J connectivity index is 3.43. The number of aromatic amines is 1. The lowest BCUT2D eigenvalue weighted by molar-refractivity contribution is 0.149. The van der Waals surface area contributed by atoms with Crippen LogP contribution in [0.25, 0.3) is 0 Å². The molecule has 0 aliphatic rings. The number of H-pyrrole nitrogens is 1. The fraction of sp³-hybridized carbons (Fsp3) is 0.143. The normalized spacial score (nSPS) is 10.0. The highest BCUT2D eigenvalue weighted by atomic mass is 19.3. The lowest BCUT2D eigenvalue weighted by Gasteiger charge is -1.99. The van der Waals surface area contributed by atoms with Crippen molar-refractivity contribution >= 4 is 0 Å². The van der Waals surface area contributed by atoms with Crippen LogP contribution in [0.3, 0.4) is 0 Å². The predicted octanol–water partition coefficient (Wildman–Crippen LogP) is 0.890. The summed E-state index contributed by atoms with van der Waals surface area (Å²) in [4.78, 5) is 13.0. The topological polar surface area (TPSA) is 76.9 Å². The van der Waals surface area contributed by atoms with Crippen molar-refractivity contribution in [2.24, 2.45) is 0 Å². The molecule has 1 aromatic heterocycles. The minimum Gasteiger partial charge on any atom is -0.502 e. The lowest BCUT2D eigenvalue weighted by atomic mass is 10.2. The van der Waals surface area contributed by atoms with Gasteiger partial charge in [-0.25, -0.2) is 8.78 Å². The van der Waals surface area contributed by atoms with E-state index in [4.69, 9.17) is 10.4 Å². The van der Waals surface area contributed by atoms with Crippen LogP contribution in [0.2, 0.25) is 0 Å². The van der Waals surface area contributed by atoms with Crippen LogP contribution in [-0.2, 0) is 0 Å². The van der Waals surface area contributed by atoms with Crippen LogP contribution in [0.15, 0.2) is 11.0 Å². The van der Waals surface area contributed by atoms with Crippen molar-refractivity contribution in [3.05, 3.63) is 27.7 Å². The molecule has 0 aromatic carbocycles. The molecule has 0 aliphatic carbocycles. The van der Waals surface area contributed by atoms with Crippen LogP contribution in [-0.4, -0.2) is 10.1 Å². The molecule has 1 aromatic rings. The van der Waals surface area contributed by atoms with Gasteiger partial charge in [0.25, 0.3) is 6.43 Å². The molecule has 0 aliphatic heterocycles. The SMILES string of the molecule is N#Cc1[nH]cc(C(F)F)c(=O)c1O. The van der Waals surface area contributed by atoms with Gasteiger partial charge >= 0.3 is 0 Å². The van der Waals surface area contributed by atoms with Crippen LogP contribution >= 0.6 is 0 Å². The summed E-state index contributed by atoms with van der Waals surface area (Å²) >= 11 is 0. The number of aromatic nitrogens is 1. The van der Waals surface area contributed by atoms with E-state index in [0.29, 0.717) is 6.20 Å². The number of alkyl halides is 2. The van der Waals surface area contributed by atoms with Gasteiger partial charge in [-0.3, -0.25) is 4.79 Å². The Morgan fingerprint density at radius 3 is 2.69 bits per heavy atom. The van der Waals surface area contributed by atoms with Crippen LogP contribution in [0, 0.1) is 11.3 Å². The van der Waals surface area contributed by atoms with Crippen LogP contribution in [0.5, 0.6) is 5.75 Å². The first-order valence-electron chi connectivity index (χ1n) is 3.20. The molecular weight excluding hydrogens is 182 g/mol. The maximum Gasteiger partial charge on any atom is 0.269 e. The third kappa shape index (κ3) is 1.49. The molecule has 0 spiro atoms. The van der Waals surface area contributed by atoms with E-state index in [1.807, 2.05) is 0 Å². The maximum atomic E-state index is 12.0. The third-order valence-corrected chi connectivity index (χ3v) is 1.43. The highest BCUT2D eigenvalue weighted by Crippen LogP contribution is 2.17. The van der Waals surface area contributed by atoms with Gasteiger partial charge in [0.2, 0.25) is 5.43 Å². The van der Waals surface area contributed by atoms with Crippen molar-refractivity contribution in [3.63, 3.8) is 0 Å². The largest absolute Gasteiger partial charge is 0.502 e. The van der Waals surface area contributed by atoms with Gasteiger partial charge in [0, 0.05) is 6.20 Å². The fourth-order valence-corrected chi connectivity index (χ4v) is 0.781. The Bertz CT molecular complexity index is 419. The van der Waals surface area contributed by atoms with Gasteiger partial charge in [0.15, 0.2) is 11.4 Å². The summed E-state index contributed by atoms with van der Waals surface area (Å²) in [6.07, 6.45) is -2.26. The number of rotatable bonds is 1. The van der Waals surface area contributed by atoms with Gasteiger partial charge < -0.3 is 10.1 Å². The summed E-state index contributed by atoms with van der Waals surface area (Å²) in [5.74, 6) is -0.972. The van der Waals surface area contributed by atoms with E-state index in [9.17, 15) is 13.6 Å². The van der Waals surface area contributed by atoms with Gasteiger partial charge in [-0.05, 0) is 0 Å². The Morgan fingerprint density at radius 1 is 1.62 bits per heavy atom. The van der Waals surface area contributed by atoms with Crippen LogP contribution in [0.1, 0.15) is 17.7 Å². The minimum atomic E-state index is -2.97. The molecule has 68 valence electrons. The summed E-state index contributed by atoms with van der Waals surface area (Å²) in [5, 5.41) is 17.2. The number of pyridine rings is 1. The van der Waals surface area contributed by atoms with E-state index in [0.717, 1.165) is 0 Å². The molecule has 6 heteroatoms. The Labute approximate surface area is 71.1 Å². The zero-order valence-electron chi connectivity index (χ0n) is 6.21. The first kappa shape index (κ1) is 9.19. The van der Waals surface area contributed by atoms with Crippen molar-refractivity contribution in [1.29, 1.82) is 5.26 Å². The highest BCUT2D eigenvalue weighted by molar-refractivity contribution is 5.38. The maximum absolute atomic E-state index is 12.0.